The predicted molar refractivity (Wildman–Crippen MR) is 101 cm³/mol. The second-order valence-electron chi connectivity index (χ2n) is 5.80. The molecule has 0 spiro atoms. The van der Waals surface area contributed by atoms with Crippen LogP contribution in [0.3, 0.4) is 0 Å². The van der Waals surface area contributed by atoms with Gasteiger partial charge < -0.3 is 10.2 Å². The molecule has 3 rings (SSSR count). The Balaban J connectivity index is 0.00000208. The van der Waals surface area contributed by atoms with Crippen molar-refractivity contribution in [1.29, 1.82) is 0 Å². The molecule has 24 heavy (non-hydrogen) atoms. The van der Waals surface area contributed by atoms with Gasteiger partial charge in [0.1, 0.15) is 0 Å². The average molecular weight is 414 g/mol. The summed E-state index contributed by atoms with van der Waals surface area (Å²) in [6, 6.07) is 8.16. The molecule has 1 fully saturated rings. The highest BCUT2D eigenvalue weighted by atomic mass is 79.9. The minimum Gasteiger partial charge on any atom is -0.334 e. The second kappa shape index (κ2) is 8.65. The number of aromatic nitrogens is 2. The molecule has 0 radical (unpaired) electrons. The van der Waals surface area contributed by atoms with E-state index >= 15 is 0 Å². The Bertz CT molecular complexity index is 667. The number of hydrogen-bond acceptors (Lipinski definition) is 3. The first-order valence-electron chi connectivity index (χ1n) is 8.01. The maximum Gasteiger partial charge on any atom is 0.257 e. The lowest BCUT2D eigenvalue weighted by Crippen LogP contribution is -2.42. The van der Waals surface area contributed by atoms with E-state index < -0.39 is 0 Å². The van der Waals surface area contributed by atoms with Crippen molar-refractivity contribution in [2.24, 2.45) is 0 Å². The number of nitrogens with zero attached hydrogens (tertiary/aromatic N) is 3. The van der Waals surface area contributed by atoms with E-state index in [0.717, 1.165) is 42.6 Å². The number of halogens is 2. The van der Waals surface area contributed by atoms with Crippen LogP contribution >= 0.6 is 28.3 Å². The molecule has 1 aromatic carbocycles. The van der Waals surface area contributed by atoms with Crippen LogP contribution in [0.25, 0.3) is 5.69 Å². The number of rotatable bonds is 5. The van der Waals surface area contributed by atoms with Gasteiger partial charge in [-0.05, 0) is 43.7 Å². The Morgan fingerprint density at radius 3 is 2.79 bits per heavy atom. The maximum absolute atomic E-state index is 12.9. The maximum atomic E-state index is 12.9. The molecule has 2 heterocycles. The van der Waals surface area contributed by atoms with E-state index in [1.165, 1.54) is 0 Å². The summed E-state index contributed by atoms with van der Waals surface area (Å²) < 4.78 is 2.77. The molecule has 1 saturated heterocycles. The van der Waals surface area contributed by atoms with Crippen molar-refractivity contribution in [3.8, 4) is 5.69 Å². The van der Waals surface area contributed by atoms with Gasteiger partial charge in [-0.15, -0.1) is 12.4 Å². The van der Waals surface area contributed by atoms with Gasteiger partial charge in [0.25, 0.3) is 5.91 Å². The van der Waals surface area contributed by atoms with Crippen molar-refractivity contribution in [2.45, 2.75) is 25.8 Å². The van der Waals surface area contributed by atoms with E-state index in [1.807, 2.05) is 35.4 Å². The monoisotopic (exact) mass is 412 g/mol. The van der Waals surface area contributed by atoms with Crippen molar-refractivity contribution >= 4 is 34.2 Å². The van der Waals surface area contributed by atoms with Gasteiger partial charge in [-0.2, -0.15) is 5.10 Å². The zero-order chi connectivity index (χ0) is 16.2. The summed E-state index contributed by atoms with van der Waals surface area (Å²) in [7, 11) is 0. The minimum atomic E-state index is 0. The first-order chi connectivity index (χ1) is 11.2. The molecule has 1 amide bonds. The fourth-order valence-electron chi connectivity index (χ4n) is 2.93. The molecule has 130 valence electrons. The zero-order valence-electron chi connectivity index (χ0n) is 13.6. The van der Waals surface area contributed by atoms with Crippen LogP contribution in [0.4, 0.5) is 0 Å². The van der Waals surface area contributed by atoms with E-state index in [0.29, 0.717) is 11.6 Å². The van der Waals surface area contributed by atoms with E-state index in [2.05, 4.69) is 33.3 Å². The summed E-state index contributed by atoms with van der Waals surface area (Å²) in [6.07, 6.45) is 5.46. The smallest absolute Gasteiger partial charge is 0.257 e. The molecule has 1 aliphatic heterocycles. The number of nitrogens with one attached hydrogen (secondary N) is 1. The Labute approximate surface area is 157 Å². The van der Waals surface area contributed by atoms with Gasteiger partial charge in [-0.1, -0.05) is 22.9 Å². The van der Waals surface area contributed by atoms with Crippen LogP contribution in [-0.2, 0) is 0 Å². The summed E-state index contributed by atoms with van der Waals surface area (Å²) in [5.41, 5.74) is 1.59. The molecule has 1 N–H and O–H groups in total. The van der Waals surface area contributed by atoms with Crippen LogP contribution < -0.4 is 5.32 Å². The molecular formula is C17H22BrClN4O. The molecule has 0 bridgehead atoms. The van der Waals surface area contributed by atoms with Gasteiger partial charge in [-0.3, -0.25) is 4.79 Å². The summed E-state index contributed by atoms with van der Waals surface area (Å²) >= 11 is 3.42. The van der Waals surface area contributed by atoms with Crippen LogP contribution in [-0.4, -0.2) is 46.3 Å². The van der Waals surface area contributed by atoms with E-state index in [4.69, 9.17) is 0 Å². The molecule has 0 aliphatic carbocycles. The lowest BCUT2D eigenvalue weighted by Gasteiger charge is -2.27. The standard InChI is InChI=1S/C17H21BrN4O.ClH/c1-2-9-21(16-7-8-19-11-16)17(23)13-10-20-22(12-13)15-5-3-14(18)4-6-15;/h3-6,10,12,16,19H,2,7-9,11H2,1H3;1H. The molecule has 1 atom stereocenters. The summed E-state index contributed by atoms with van der Waals surface area (Å²) in [6.45, 7) is 4.76. The van der Waals surface area contributed by atoms with E-state index in [1.54, 1.807) is 10.9 Å². The highest BCUT2D eigenvalue weighted by molar-refractivity contribution is 9.10. The van der Waals surface area contributed by atoms with Crippen LogP contribution in [0, 0.1) is 0 Å². The largest absolute Gasteiger partial charge is 0.334 e. The fourth-order valence-corrected chi connectivity index (χ4v) is 3.19. The molecular weight excluding hydrogens is 392 g/mol. The first-order valence-corrected chi connectivity index (χ1v) is 8.80. The van der Waals surface area contributed by atoms with E-state index in [-0.39, 0.29) is 18.3 Å². The molecule has 1 aromatic heterocycles. The second-order valence-corrected chi connectivity index (χ2v) is 6.71. The Kier molecular flexibility index (Phi) is 6.83. The molecule has 5 nitrogen and oxygen atoms in total. The third kappa shape index (κ3) is 4.18. The Morgan fingerprint density at radius 1 is 1.42 bits per heavy atom. The summed E-state index contributed by atoms with van der Waals surface area (Å²) in [5.74, 6) is 0.0731. The third-order valence-electron chi connectivity index (χ3n) is 4.12. The minimum absolute atomic E-state index is 0. The van der Waals surface area contributed by atoms with Gasteiger partial charge in [0.15, 0.2) is 0 Å². The molecule has 0 saturated carbocycles. The lowest BCUT2D eigenvalue weighted by molar-refractivity contribution is 0.0692. The highest BCUT2D eigenvalue weighted by Crippen LogP contribution is 2.17. The predicted octanol–water partition coefficient (Wildman–Crippen LogP) is 3.27. The lowest BCUT2D eigenvalue weighted by atomic mass is 10.1. The third-order valence-corrected chi connectivity index (χ3v) is 4.65. The average Bonchev–Trinajstić information content (AvgIpc) is 3.24. The van der Waals surface area contributed by atoms with Crippen LogP contribution in [0.15, 0.2) is 41.1 Å². The number of amides is 1. The number of carbonyl (C=O) groups is 1. The zero-order valence-corrected chi connectivity index (χ0v) is 16.0. The van der Waals surface area contributed by atoms with Crippen LogP contribution in [0.2, 0.25) is 0 Å². The van der Waals surface area contributed by atoms with Gasteiger partial charge >= 0.3 is 0 Å². The summed E-state index contributed by atoms with van der Waals surface area (Å²) in [5, 5.41) is 7.68. The molecule has 1 unspecified atom stereocenters. The van der Waals surface area contributed by atoms with Crippen LogP contribution in [0.1, 0.15) is 30.1 Å². The SMILES string of the molecule is CCCN(C(=O)c1cnn(-c2ccc(Br)cc2)c1)C1CCNC1.Cl. The van der Waals surface area contributed by atoms with Gasteiger partial charge in [0, 0.05) is 29.8 Å². The van der Waals surface area contributed by atoms with E-state index in [9.17, 15) is 4.79 Å². The van der Waals surface area contributed by atoms with Gasteiger partial charge in [0.05, 0.1) is 17.4 Å². The number of benzene rings is 1. The van der Waals surface area contributed by atoms with Crippen molar-refractivity contribution < 1.29 is 4.79 Å². The highest BCUT2D eigenvalue weighted by Gasteiger charge is 2.27. The van der Waals surface area contributed by atoms with Gasteiger partial charge in [0.2, 0.25) is 0 Å². The number of carbonyl (C=O) groups excluding carboxylic acids is 1. The topological polar surface area (TPSA) is 50.2 Å². The fraction of sp³-hybridized carbons (Fsp3) is 0.412. The van der Waals surface area contributed by atoms with Crippen molar-refractivity contribution in [1.82, 2.24) is 20.0 Å². The molecule has 7 heteroatoms. The van der Waals surface area contributed by atoms with Crippen molar-refractivity contribution in [3.63, 3.8) is 0 Å². The molecule has 1 aliphatic rings. The molecule has 2 aromatic rings. The Morgan fingerprint density at radius 2 is 2.17 bits per heavy atom. The summed E-state index contributed by atoms with van der Waals surface area (Å²) in [4.78, 5) is 14.8. The van der Waals surface area contributed by atoms with Gasteiger partial charge in [-0.25, -0.2) is 4.68 Å². The van der Waals surface area contributed by atoms with Crippen molar-refractivity contribution in [3.05, 3.63) is 46.7 Å². The van der Waals surface area contributed by atoms with Crippen LogP contribution in [0.5, 0.6) is 0 Å². The normalized spacial score (nSPS) is 16.7. The Hall–Kier alpha value is -1.37. The first kappa shape index (κ1) is 19.0. The number of hydrogen-bond donors (Lipinski definition) is 1. The van der Waals surface area contributed by atoms with Crippen molar-refractivity contribution in [2.75, 3.05) is 19.6 Å². The quantitative estimate of drug-likeness (QED) is 0.818.